The maximum Gasteiger partial charge on any atom is 0.333 e. The zero-order valence-corrected chi connectivity index (χ0v) is 16.1. The molecule has 0 bridgehead atoms. The van der Waals surface area contributed by atoms with Gasteiger partial charge in [-0.05, 0) is 42.5 Å². The summed E-state index contributed by atoms with van der Waals surface area (Å²) < 4.78 is 0.938. The molecule has 8 heteroatoms. The van der Waals surface area contributed by atoms with Crippen molar-refractivity contribution in [1.29, 1.82) is 0 Å². The molecule has 0 radical (unpaired) electrons. The number of anilines is 1. The smallest absolute Gasteiger partial charge is 0.311 e. The number of benzene rings is 2. The molecular weight excluding hydrogens is 392 g/mol. The fourth-order valence-corrected chi connectivity index (χ4v) is 3.28. The quantitative estimate of drug-likeness (QED) is 0.566. The summed E-state index contributed by atoms with van der Waals surface area (Å²) in [5.41, 5.74) is 0.351. The maximum absolute atomic E-state index is 12.9. The number of amides is 1. The Bertz CT molecular complexity index is 1350. The standard InChI is InChI=1S/C21H15ClN4O3/c1-25(14-8-10-23-11-9-14)19(27)13-6-7-16(22)18(12-13)26-20(28)15-4-2-3-5-17(15)24-21(26)29/h2-12H,1H3,(H,24,29). The van der Waals surface area contributed by atoms with Gasteiger partial charge < -0.3 is 9.88 Å². The van der Waals surface area contributed by atoms with Crippen LogP contribution in [0.3, 0.4) is 0 Å². The lowest BCUT2D eigenvalue weighted by atomic mass is 10.1. The first-order valence-corrected chi connectivity index (χ1v) is 9.07. The predicted molar refractivity (Wildman–Crippen MR) is 112 cm³/mol. The number of nitrogens with one attached hydrogen (secondary N) is 1. The van der Waals surface area contributed by atoms with Gasteiger partial charge in [0.05, 0.1) is 21.6 Å². The molecule has 2 aromatic heterocycles. The fourth-order valence-electron chi connectivity index (χ4n) is 3.08. The summed E-state index contributed by atoms with van der Waals surface area (Å²) in [6.07, 6.45) is 3.17. The number of hydrogen-bond acceptors (Lipinski definition) is 4. The highest BCUT2D eigenvalue weighted by Gasteiger charge is 2.18. The number of nitrogens with zero attached hydrogens (tertiary/aromatic N) is 3. The Hall–Kier alpha value is -3.71. The highest BCUT2D eigenvalue weighted by molar-refractivity contribution is 6.32. The summed E-state index contributed by atoms with van der Waals surface area (Å²) >= 11 is 6.28. The zero-order chi connectivity index (χ0) is 20.5. The van der Waals surface area contributed by atoms with E-state index < -0.39 is 11.2 Å². The molecule has 0 fully saturated rings. The molecule has 0 saturated heterocycles. The Labute approximate surface area is 169 Å². The molecule has 4 aromatic rings. The highest BCUT2D eigenvalue weighted by atomic mass is 35.5. The van der Waals surface area contributed by atoms with Crippen LogP contribution in [-0.2, 0) is 0 Å². The fraction of sp³-hybridized carbons (Fsp3) is 0.0476. The lowest BCUT2D eigenvalue weighted by molar-refractivity contribution is 0.0993. The Morgan fingerprint density at radius 1 is 1.07 bits per heavy atom. The van der Waals surface area contributed by atoms with Gasteiger partial charge in [-0.2, -0.15) is 0 Å². The van der Waals surface area contributed by atoms with Crippen molar-refractivity contribution >= 4 is 34.1 Å². The number of fused-ring (bicyclic) bond motifs is 1. The van der Waals surface area contributed by atoms with Gasteiger partial charge in [0.2, 0.25) is 0 Å². The average Bonchev–Trinajstić information content (AvgIpc) is 2.74. The predicted octanol–water partition coefficient (Wildman–Crippen LogP) is 3.00. The molecule has 0 spiro atoms. The van der Waals surface area contributed by atoms with E-state index in [0.29, 0.717) is 16.6 Å². The third-order valence-electron chi connectivity index (χ3n) is 4.59. The van der Waals surface area contributed by atoms with Gasteiger partial charge in [0.25, 0.3) is 11.5 Å². The second-order valence-electron chi connectivity index (χ2n) is 6.35. The van der Waals surface area contributed by atoms with E-state index in [9.17, 15) is 14.4 Å². The van der Waals surface area contributed by atoms with Gasteiger partial charge >= 0.3 is 5.69 Å². The summed E-state index contributed by atoms with van der Waals surface area (Å²) in [7, 11) is 1.63. The lowest BCUT2D eigenvalue weighted by Gasteiger charge is -2.18. The molecule has 0 unspecified atom stereocenters. The summed E-state index contributed by atoms with van der Waals surface area (Å²) in [6.45, 7) is 0. The molecule has 4 rings (SSSR count). The van der Waals surface area contributed by atoms with Crippen molar-refractivity contribution in [3.05, 3.63) is 98.4 Å². The number of carbonyl (C=O) groups excluding carboxylic acids is 1. The molecule has 0 aliphatic heterocycles. The van der Waals surface area contributed by atoms with Crippen LogP contribution in [0.4, 0.5) is 5.69 Å². The summed E-state index contributed by atoms with van der Waals surface area (Å²) in [4.78, 5) is 46.5. The van der Waals surface area contributed by atoms with E-state index in [0.717, 1.165) is 4.57 Å². The molecule has 1 amide bonds. The average molecular weight is 407 g/mol. The Morgan fingerprint density at radius 3 is 2.55 bits per heavy atom. The van der Waals surface area contributed by atoms with Gasteiger partial charge in [-0.25, -0.2) is 9.36 Å². The Morgan fingerprint density at radius 2 is 1.79 bits per heavy atom. The molecule has 0 atom stereocenters. The highest BCUT2D eigenvalue weighted by Crippen LogP contribution is 2.22. The maximum atomic E-state index is 12.9. The first-order valence-electron chi connectivity index (χ1n) is 8.69. The minimum Gasteiger partial charge on any atom is -0.311 e. The molecule has 0 aliphatic rings. The van der Waals surface area contributed by atoms with Gasteiger partial charge in [-0.1, -0.05) is 23.7 Å². The van der Waals surface area contributed by atoms with Crippen LogP contribution in [0.5, 0.6) is 0 Å². The lowest BCUT2D eigenvalue weighted by Crippen LogP contribution is -2.34. The second-order valence-corrected chi connectivity index (χ2v) is 6.76. The molecule has 2 heterocycles. The van der Waals surface area contributed by atoms with Crippen LogP contribution >= 0.6 is 11.6 Å². The Kier molecular flexibility index (Phi) is 4.74. The number of aromatic amines is 1. The Balaban J connectivity index is 1.85. The van der Waals surface area contributed by atoms with E-state index in [1.165, 1.54) is 17.0 Å². The van der Waals surface area contributed by atoms with Gasteiger partial charge in [0, 0.05) is 30.7 Å². The minimum absolute atomic E-state index is 0.137. The van der Waals surface area contributed by atoms with Crippen LogP contribution in [0.1, 0.15) is 10.4 Å². The van der Waals surface area contributed by atoms with Crippen molar-refractivity contribution in [2.75, 3.05) is 11.9 Å². The largest absolute Gasteiger partial charge is 0.333 e. The molecule has 144 valence electrons. The third-order valence-corrected chi connectivity index (χ3v) is 4.91. The minimum atomic E-state index is -0.636. The summed E-state index contributed by atoms with van der Waals surface area (Å²) in [6, 6.07) is 14.6. The second kappa shape index (κ2) is 7.37. The first-order chi connectivity index (χ1) is 14.0. The van der Waals surface area contributed by atoms with Crippen LogP contribution in [0.25, 0.3) is 16.6 Å². The third kappa shape index (κ3) is 3.32. The van der Waals surface area contributed by atoms with E-state index in [4.69, 9.17) is 11.6 Å². The normalized spacial score (nSPS) is 10.8. The van der Waals surface area contributed by atoms with Gasteiger partial charge in [-0.3, -0.25) is 14.6 Å². The molecule has 2 aromatic carbocycles. The van der Waals surface area contributed by atoms with Crippen molar-refractivity contribution < 1.29 is 4.79 Å². The molecule has 29 heavy (non-hydrogen) atoms. The number of rotatable bonds is 3. The number of halogens is 1. The van der Waals surface area contributed by atoms with E-state index in [-0.39, 0.29) is 22.2 Å². The number of hydrogen-bond donors (Lipinski definition) is 1. The molecule has 0 aliphatic carbocycles. The number of H-pyrrole nitrogens is 1. The van der Waals surface area contributed by atoms with Crippen LogP contribution in [-0.4, -0.2) is 27.5 Å². The molecule has 7 nitrogen and oxygen atoms in total. The van der Waals surface area contributed by atoms with Gasteiger partial charge in [-0.15, -0.1) is 0 Å². The monoisotopic (exact) mass is 406 g/mol. The zero-order valence-electron chi connectivity index (χ0n) is 15.3. The van der Waals surface area contributed by atoms with Gasteiger partial charge in [0.1, 0.15) is 0 Å². The molecular formula is C21H15ClN4O3. The topological polar surface area (TPSA) is 88.1 Å². The van der Waals surface area contributed by atoms with Crippen LogP contribution in [0, 0.1) is 0 Å². The number of aromatic nitrogens is 3. The van der Waals surface area contributed by atoms with Crippen molar-refractivity contribution in [2.45, 2.75) is 0 Å². The SMILES string of the molecule is CN(C(=O)c1ccc(Cl)c(-n2c(=O)[nH]c3ccccc3c2=O)c1)c1ccncc1. The van der Waals surface area contributed by atoms with Crippen molar-refractivity contribution in [3.63, 3.8) is 0 Å². The van der Waals surface area contributed by atoms with Crippen molar-refractivity contribution in [2.24, 2.45) is 0 Å². The van der Waals surface area contributed by atoms with E-state index in [2.05, 4.69) is 9.97 Å². The molecule has 0 saturated carbocycles. The van der Waals surface area contributed by atoms with Crippen LogP contribution in [0.15, 0.2) is 76.6 Å². The van der Waals surface area contributed by atoms with Crippen LogP contribution in [0.2, 0.25) is 5.02 Å². The van der Waals surface area contributed by atoms with E-state index in [1.807, 2.05) is 0 Å². The van der Waals surface area contributed by atoms with Gasteiger partial charge in [0.15, 0.2) is 0 Å². The molecule has 1 N–H and O–H groups in total. The van der Waals surface area contributed by atoms with E-state index >= 15 is 0 Å². The van der Waals surface area contributed by atoms with Crippen molar-refractivity contribution in [1.82, 2.24) is 14.5 Å². The van der Waals surface area contributed by atoms with Crippen molar-refractivity contribution in [3.8, 4) is 5.69 Å². The number of carbonyl (C=O) groups is 1. The summed E-state index contributed by atoms with van der Waals surface area (Å²) in [5, 5.41) is 0.518. The number of pyridine rings is 1. The first kappa shape index (κ1) is 18.6. The van der Waals surface area contributed by atoms with Crippen LogP contribution < -0.4 is 16.1 Å². The van der Waals surface area contributed by atoms with E-state index in [1.54, 1.807) is 61.9 Å². The number of para-hydroxylation sites is 1. The summed E-state index contributed by atoms with van der Waals surface area (Å²) in [5.74, 6) is -0.320.